The highest BCUT2D eigenvalue weighted by Crippen LogP contribution is 2.14. The molecule has 0 saturated carbocycles. The molecule has 0 spiro atoms. The van der Waals surface area contributed by atoms with Gasteiger partial charge in [0, 0.05) is 23.8 Å². The standard InChI is InChI=1S/C31H34O5/c1-3-24-33-25-12-8-6-5-7-9-13-26-34-29-20-16-27(17-21-29)14-10-11-15-28-18-22-30(23-19-28)35-36-31(32)4-2/h3-4,16-23H,1-2,5-9,12-13,24-26H2. The van der Waals surface area contributed by atoms with Gasteiger partial charge in [-0.2, -0.15) is 0 Å². The Morgan fingerprint density at radius 1 is 0.722 bits per heavy atom. The predicted octanol–water partition coefficient (Wildman–Crippen LogP) is 6.42. The van der Waals surface area contributed by atoms with Gasteiger partial charge in [0.25, 0.3) is 0 Å². The zero-order valence-corrected chi connectivity index (χ0v) is 20.8. The Bertz CT molecular complexity index is 1050. The van der Waals surface area contributed by atoms with Gasteiger partial charge < -0.3 is 9.47 Å². The third-order valence-electron chi connectivity index (χ3n) is 5.01. The molecule has 2 aromatic carbocycles. The first kappa shape index (κ1) is 28.3. The van der Waals surface area contributed by atoms with Crippen molar-refractivity contribution < 1.29 is 24.0 Å². The highest BCUT2D eigenvalue weighted by molar-refractivity contribution is 5.80. The zero-order valence-electron chi connectivity index (χ0n) is 20.8. The van der Waals surface area contributed by atoms with Crippen LogP contribution < -0.4 is 9.62 Å². The van der Waals surface area contributed by atoms with Crippen molar-refractivity contribution in [3.05, 3.63) is 85.0 Å². The van der Waals surface area contributed by atoms with Gasteiger partial charge in [0.05, 0.1) is 13.2 Å². The van der Waals surface area contributed by atoms with Crippen LogP contribution in [0.1, 0.15) is 56.1 Å². The maximum Gasteiger partial charge on any atom is 0.378 e. The molecule has 0 fully saturated rings. The summed E-state index contributed by atoms with van der Waals surface area (Å²) in [5.41, 5.74) is 1.64. The van der Waals surface area contributed by atoms with E-state index in [1.165, 1.54) is 32.1 Å². The van der Waals surface area contributed by atoms with Crippen molar-refractivity contribution in [2.75, 3.05) is 19.8 Å². The Morgan fingerprint density at radius 3 is 1.81 bits per heavy atom. The van der Waals surface area contributed by atoms with Gasteiger partial charge in [0.2, 0.25) is 0 Å². The third kappa shape index (κ3) is 13.1. The van der Waals surface area contributed by atoms with Crippen LogP contribution in [0.2, 0.25) is 0 Å². The summed E-state index contributed by atoms with van der Waals surface area (Å²) in [5.74, 6) is 12.2. The fourth-order valence-corrected chi connectivity index (χ4v) is 3.11. The highest BCUT2D eigenvalue weighted by atomic mass is 17.2. The van der Waals surface area contributed by atoms with Crippen LogP contribution in [0.4, 0.5) is 0 Å². The lowest BCUT2D eigenvalue weighted by Gasteiger charge is -2.06. The molecule has 5 nitrogen and oxygen atoms in total. The van der Waals surface area contributed by atoms with Crippen molar-refractivity contribution in [2.24, 2.45) is 0 Å². The minimum atomic E-state index is -0.659. The van der Waals surface area contributed by atoms with Crippen LogP contribution >= 0.6 is 0 Å². The average molecular weight is 487 g/mol. The first-order valence-electron chi connectivity index (χ1n) is 12.3. The van der Waals surface area contributed by atoms with Crippen molar-refractivity contribution in [3.63, 3.8) is 0 Å². The summed E-state index contributed by atoms with van der Waals surface area (Å²) in [7, 11) is 0. The minimum absolute atomic E-state index is 0.390. The average Bonchev–Trinajstić information content (AvgIpc) is 2.91. The van der Waals surface area contributed by atoms with Crippen LogP contribution in [0.5, 0.6) is 11.5 Å². The quantitative estimate of drug-likeness (QED) is 0.0684. The molecule has 5 heteroatoms. The molecule has 188 valence electrons. The number of hydrogen-bond acceptors (Lipinski definition) is 5. The van der Waals surface area contributed by atoms with Gasteiger partial charge in [-0.25, -0.2) is 9.68 Å². The molecule has 0 aliphatic heterocycles. The largest absolute Gasteiger partial charge is 0.494 e. The van der Waals surface area contributed by atoms with Crippen molar-refractivity contribution in [2.45, 2.75) is 44.9 Å². The molecule has 0 aromatic heterocycles. The smallest absolute Gasteiger partial charge is 0.378 e. The van der Waals surface area contributed by atoms with E-state index in [0.29, 0.717) is 12.4 Å². The summed E-state index contributed by atoms with van der Waals surface area (Å²) in [6.07, 6.45) is 11.2. The van der Waals surface area contributed by atoms with Crippen molar-refractivity contribution in [3.8, 4) is 35.2 Å². The molecule has 0 aliphatic rings. The second-order valence-corrected chi connectivity index (χ2v) is 7.93. The van der Waals surface area contributed by atoms with E-state index in [1.807, 2.05) is 24.3 Å². The Kier molecular flexibility index (Phi) is 14.5. The van der Waals surface area contributed by atoms with E-state index >= 15 is 0 Å². The Morgan fingerprint density at radius 2 is 1.25 bits per heavy atom. The van der Waals surface area contributed by atoms with E-state index in [1.54, 1.807) is 30.3 Å². The van der Waals surface area contributed by atoms with E-state index in [4.69, 9.17) is 14.4 Å². The summed E-state index contributed by atoms with van der Waals surface area (Å²) in [6.45, 7) is 9.15. The summed E-state index contributed by atoms with van der Waals surface area (Å²) in [4.78, 5) is 20.3. The first-order chi connectivity index (χ1) is 17.7. The van der Waals surface area contributed by atoms with Gasteiger partial charge in [0.1, 0.15) is 5.75 Å². The number of benzene rings is 2. The second kappa shape index (κ2) is 18.4. The van der Waals surface area contributed by atoms with Crippen LogP contribution in [0.25, 0.3) is 0 Å². The van der Waals surface area contributed by atoms with Crippen LogP contribution in [0.3, 0.4) is 0 Å². The number of carbonyl (C=O) groups is 1. The number of ether oxygens (including phenoxy) is 2. The Balaban J connectivity index is 1.60. The third-order valence-corrected chi connectivity index (χ3v) is 5.01. The van der Waals surface area contributed by atoms with E-state index in [-0.39, 0.29) is 0 Å². The fourth-order valence-electron chi connectivity index (χ4n) is 3.11. The maximum absolute atomic E-state index is 11.0. The normalized spacial score (nSPS) is 9.67. The van der Waals surface area contributed by atoms with Crippen LogP contribution in [0, 0.1) is 23.7 Å². The Labute approximate surface area is 215 Å². The number of carbonyl (C=O) groups excluding carboxylic acids is 1. The van der Waals surface area contributed by atoms with Gasteiger partial charge in [-0.15, -0.1) is 6.58 Å². The molecule has 0 unspecified atom stereocenters. The molecule has 2 aromatic rings. The van der Waals surface area contributed by atoms with E-state index in [0.717, 1.165) is 49.0 Å². The summed E-state index contributed by atoms with van der Waals surface area (Å²) >= 11 is 0. The fraction of sp³-hybridized carbons (Fsp3) is 0.323. The highest BCUT2D eigenvalue weighted by Gasteiger charge is 1.99. The van der Waals surface area contributed by atoms with Crippen LogP contribution in [-0.4, -0.2) is 25.8 Å². The predicted molar refractivity (Wildman–Crippen MR) is 142 cm³/mol. The minimum Gasteiger partial charge on any atom is -0.494 e. The van der Waals surface area contributed by atoms with Crippen molar-refractivity contribution >= 4 is 5.97 Å². The van der Waals surface area contributed by atoms with Crippen LogP contribution in [0.15, 0.2) is 73.8 Å². The summed E-state index contributed by atoms with van der Waals surface area (Å²) in [6, 6.07) is 14.5. The maximum atomic E-state index is 11.0. The lowest BCUT2D eigenvalue weighted by Crippen LogP contribution is -2.03. The number of rotatable bonds is 16. The molecule has 0 saturated heterocycles. The molecule has 0 aliphatic carbocycles. The summed E-state index contributed by atoms with van der Waals surface area (Å²) < 4.78 is 11.2. The molecular weight excluding hydrogens is 452 g/mol. The Hall–Kier alpha value is -3.93. The molecule has 0 radical (unpaired) electrons. The van der Waals surface area contributed by atoms with Crippen LogP contribution in [-0.2, 0) is 14.4 Å². The second-order valence-electron chi connectivity index (χ2n) is 7.93. The van der Waals surface area contributed by atoms with Crippen molar-refractivity contribution in [1.29, 1.82) is 0 Å². The van der Waals surface area contributed by atoms with Gasteiger partial charge >= 0.3 is 5.97 Å². The lowest BCUT2D eigenvalue weighted by molar-refractivity contribution is -0.207. The van der Waals surface area contributed by atoms with Gasteiger partial charge in [0.15, 0.2) is 5.75 Å². The van der Waals surface area contributed by atoms with E-state index in [9.17, 15) is 4.79 Å². The summed E-state index contributed by atoms with van der Waals surface area (Å²) in [5, 5.41) is 0. The molecule has 0 atom stereocenters. The van der Waals surface area contributed by atoms with Gasteiger partial charge in [-0.1, -0.05) is 56.6 Å². The number of hydrogen-bond donors (Lipinski definition) is 0. The monoisotopic (exact) mass is 486 g/mol. The first-order valence-corrected chi connectivity index (χ1v) is 12.3. The lowest BCUT2D eigenvalue weighted by atomic mass is 10.1. The van der Waals surface area contributed by atoms with Gasteiger partial charge in [-0.05, 0) is 73.2 Å². The van der Waals surface area contributed by atoms with E-state index in [2.05, 4.69) is 41.7 Å². The molecule has 0 bridgehead atoms. The molecule has 2 rings (SSSR count). The van der Waals surface area contributed by atoms with Crippen molar-refractivity contribution in [1.82, 2.24) is 0 Å². The van der Waals surface area contributed by atoms with Gasteiger partial charge in [-0.3, -0.25) is 4.89 Å². The molecule has 0 amide bonds. The number of unbranched alkanes of at least 4 members (excludes halogenated alkanes) is 6. The molecule has 0 heterocycles. The van der Waals surface area contributed by atoms with E-state index < -0.39 is 5.97 Å². The molecular formula is C31H34O5. The topological polar surface area (TPSA) is 54.0 Å². The zero-order chi connectivity index (χ0) is 25.7. The molecule has 0 N–H and O–H groups in total. The molecule has 36 heavy (non-hydrogen) atoms. The SMILES string of the molecule is C=CCOCCCCCCCCCOc1ccc(C#CC#Cc2ccc(OOC(=O)C=C)cc2)cc1.